The molecule has 0 bridgehead atoms. The smallest absolute Gasteiger partial charge is 0.410 e. The fourth-order valence-electron chi connectivity index (χ4n) is 2.82. The van der Waals surface area contributed by atoms with E-state index in [4.69, 9.17) is 9.15 Å². The lowest BCUT2D eigenvalue weighted by molar-refractivity contribution is -0.141. The van der Waals surface area contributed by atoms with Crippen LogP contribution in [-0.4, -0.2) is 34.7 Å². The molecule has 1 fully saturated rings. The van der Waals surface area contributed by atoms with E-state index in [0.29, 0.717) is 13.0 Å². The minimum absolute atomic E-state index is 0.0564. The van der Waals surface area contributed by atoms with Gasteiger partial charge in [0.05, 0.1) is 12.5 Å². The number of carbonyl (C=O) groups is 2. The van der Waals surface area contributed by atoms with Gasteiger partial charge in [0, 0.05) is 12.5 Å². The largest absolute Gasteiger partial charge is 0.480 e. The summed E-state index contributed by atoms with van der Waals surface area (Å²) in [4.78, 5) is 25.0. The third-order valence-electron chi connectivity index (χ3n) is 4.04. The number of benzene rings is 1. The number of carboxylic acids is 1. The molecule has 2 atom stereocenters. The summed E-state index contributed by atoms with van der Waals surface area (Å²) in [6, 6.07) is 10.2. The lowest BCUT2D eigenvalue weighted by atomic mass is 9.99. The molecule has 1 unspecified atom stereocenters. The number of hydrogen-bond donors (Lipinski definition) is 1. The minimum Gasteiger partial charge on any atom is -0.480 e. The second kappa shape index (κ2) is 6.56. The molecule has 2 heterocycles. The van der Waals surface area contributed by atoms with Crippen molar-refractivity contribution in [1.29, 1.82) is 0 Å². The predicted molar refractivity (Wildman–Crippen MR) is 80.8 cm³/mol. The number of likely N-dealkylation sites (tertiary alicyclic amines) is 1. The third-order valence-corrected chi connectivity index (χ3v) is 4.04. The number of amides is 1. The Hall–Kier alpha value is -2.76. The van der Waals surface area contributed by atoms with E-state index in [-0.39, 0.29) is 12.5 Å². The maximum atomic E-state index is 12.3. The first kappa shape index (κ1) is 15.1. The maximum absolute atomic E-state index is 12.3. The lowest BCUT2D eigenvalue weighted by Crippen LogP contribution is -2.40. The van der Waals surface area contributed by atoms with Crippen LogP contribution in [0.5, 0.6) is 0 Å². The topological polar surface area (TPSA) is 80.0 Å². The highest BCUT2D eigenvalue weighted by Crippen LogP contribution is 2.32. The Kier molecular flexibility index (Phi) is 4.32. The minimum atomic E-state index is -1.02. The highest BCUT2D eigenvalue weighted by atomic mass is 16.6. The average molecular weight is 315 g/mol. The highest BCUT2D eigenvalue weighted by molar-refractivity contribution is 5.81. The number of carboxylic acid groups (broad SMARTS) is 1. The Morgan fingerprint density at radius 2 is 2.04 bits per heavy atom. The number of furan rings is 1. The second-order valence-electron chi connectivity index (χ2n) is 5.54. The van der Waals surface area contributed by atoms with Crippen LogP contribution in [0.1, 0.15) is 23.5 Å². The molecule has 1 amide bonds. The van der Waals surface area contributed by atoms with E-state index in [1.165, 1.54) is 4.90 Å². The van der Waals surface area contributed by atoms with Crippen molar-refractivity contribution in [2.75, 3.05) is 6.54 Å². The Balaban J connectivity index is 1.66. The Morgan fingerprint density at radius 3 is 2.70 bits per heavy atom. The zero-order chi connectivity index (χ0) is 16.2. The van der Waals surface area contributed by atoms with E-state index >= 15 is 0 Å². The average Bonchev–Trinajstić information content (AvgIpc) is 3.22. The normalized spacial score (nSPS) is 20.4. The molecule has 0 saturated carbocycles. The van der Waals surface area contributed by atoms with E-state index in [1.54, 1.807) is 18.6 Å². The predicted octanol–water partition coefficient (Wildman–Crippen LogP) is 2.86. The quantitative estimate of drug-likeness (QED) is 0.938. The molecule has 6 nitrogen and oxygen atoms in total. The molecule has 2 aromatic rings. The number of carbonyl (C=O) groups excluding carboxylic acids is 1. The van der Waals surface area contributed by atoms with Gasteiger partial charge in [0.2, 0.25) is 0 Å². The number of hydrogen-bond acceptors (Lipinski definition) is 4. The zero-order valence-electron chi connectivity index (χ0n) is 12.4. The van der Waals surface area contributed by atoms with Gasteiger partial charge in [-0.15, -0.1) is 0 Å². The molecule has 6 heteroatoms. The van der Waals surface area contributed by atoms with Gasteiger partial charge in [0.15, 0.2) is 0 Å². The third kappa shape index (κ3) is 3.36. The fraction of sp³-hybridized carbons (Fsp3) is 0.294. The summed E-state index contributed by atoms with van der Waals surface area (Å²) in [5.41, 5.74) is 1.76. The van der Waals surface area contributed by atoms with Gasteiger partial charge in [-0.05, 0) is 23.6 Å². The number of nitrogens with zero attached hydrogens (tertiary/aromatic N) is 1. The molecule has 0 spiro atoms. The molecule has 1 aromatic heterocycles. The maximum Gasteiger partial charge on any atom is 0.410 e. The van der Waals surface area contributed by atoms with Crippen molar-refractivity contribution in [2.45, 2.75) is 25.0 Å². The van der Waals surface area contributed by atoms with E-state index in [2.05, 4.69) is 0 Å². The van der Waals surface area contributed by atoms with Gasteiger partial charge in [0.1, 0.15) is 12.6 Å². The molecule has 1 aromatic carbocycles. The van der Waals surface area contributed by atoms with Gasteiger partial charge in [-0.25, -0.2) is 9.59 Å². The molecule has 1 saturated heterocycles. The molecule has 1 N–H and O–H groups in total. The van der Waals surface area contributed by atoms with Crippen molar-refractivity contribution in [1.82, 2.24) is 4.90 Å². The molecular weight excluding hydrogens is 298 g/mol. The monoisotopic (exact) mass is 315 g/mol. The molecule has 1 aliphatic heterocycles. The number of aliphatic carboxylic acids is 1. The van der Waals surface area contributed by atoms with Crippen LogP contribution in [0.25, 0.3) is 0 Å². The number of ether oxygens (including phenoxy) is 1. The van der Waals surface area contributed by atoms with Crippen LogP contribution in [0.4, 0.5) is 4.79 Å². The standard InChI is InChI=1S/C17H17NO5/c19-16(20)15-8-14(13-6-7-22-11-13)9-18(15)17(21)23-10-12-4-2-1-3-5-12/h1-7,11,14-15H,8-10H2,(H,19,20)/t14?,15-/m0/s1. The van der Waals surface area contributed by atoms with E-state index < -0.39 is 18.1 Å². The van der Waals surface area contributed by atoms with Crippen molar-refractivity contribution >= 4 is 12.1 Å². The van der Waals surface area contributed by atoms with Crippen LogP contribution >= 0.6 is 0 Å². The lowest BCUT2D eigenvalue weighted by Gasteiger charge is -2.20. The van der Waals surface area contributed by atoms with E-state index in [1.807, 2.05) is 30.3 Å². The van der Waals surface area contributed by atoms with Crippen molar-refractivity contribution in [3.05, 3.63) is 60.1 Å². The van der Waals surface area contributed by atoms with Crippen molar-refractivity contribution in [3.63, 3.8) is 0 Å². The van der Waals surface area contributed by atoms with Gasteiger partial charge in [-0.1, -0.05) is 30.3 Å². The Bertz CT molecular complexity index is 668. The molecular formula is C17H17NO5. The highest BCUT2D eigenvalue weighted by Gasteiger charge is 2.41. The second-order valence-corrected chi connectivity index (χ2v) is 5.54. The van der Waals surface area contributed by atoms with Gasteiger partial charge in [-0.2, -0.15) is 0 Å². The summed E-state index contributed by atoms with van der Waals surface area (Å²) in [5.74, 6) is -1.08. The van der Waals surface area contributed by atoms with Crippen LogP contribution in [0.15, 0.2) is 53.3 Å². The summed E-state index contributed by atoms with van der Waals surface area (Å²) in [6.45, 7) is 0.434. The number of rotatable bonds is 4. The summed E-state index contributed by atoms with van der Waals surface area (Å²) in [7, 11) is 0. The first-order valence-corrected chi connectivity index (χ1v) is 7.37. The Labute approximate surface area is 133 Å². The van der Waals surface area contributed by atoms with Crippen LogP contribution in [0, 0.1) is 0 Å². The van der Waals surface area contributed by atoms with Gasteiger partial charge < -0.3 is 14.3 Å². The molecule has 3 rings (SSSR count). The molecule has 120 valence electrons. The van der Waals surface area contributed by atoms with Gasteiger partial charge in [0.25, 0.3) is 0 Å². The SMILES string of the molecule is O=C(O)[C@@H]1CC(c2ccoc2)CN1C(=O)OCc1ccccc1. The zero-order valence-corrected chi connectivity index (χ0v) is 12.4. The van der Waals surface area contributed by atoms with Crippen LogP contribution < -0.4 is 0 Å². The summed E-state index contributed by atoms with van der Waals surface area (Å²) >= 11 is 0. The van der Waals surface area contributed by atoms with E-state index in [9.17, 15) is 14.7 Å². The first-order valence-electron chi connectivity index (χ1n) is 7.37. The Morgan fingerprint density at radius 1 is 1.26 bits per heavy atom. The van der Waals surface area contributed by atoms with Gasteiger partial charge >= 0.3 is 12.1 Å². The summed E-state index contributed by atoms with van der Waals surface area (Å²) in [5, 5.41) is 9.36. The summed E-state index contributed by atoms with van der Waals surface area (Å²) < 4.78 is 10.3. The summed E-state index contributed by atoms with van der Waals surface area (Å²) in [6.07, 6.45) is 2.88. The van der Waals surface area contributed by atoms with Crippen LogP contribution in [0.2, 0.25) is 0 Å². The van der Waals surface area contributed by atoms with Gasteiger partial charge in [-0.3, -0.25) is 4.90 Å². The van der Waals surface area contributed by atoms with Crippen LogP contribution in [-0.2, 0) is 16.1 Å². The van der Waals surface area contributed by atoms with Crippen molar-refractivity contribution < 1.29 is 23.8 Å². The van der Waals surface area contributed by atoms with Crippen molar-refractivity contribution in [2.24, 2.45) is 0 Å². The molecule has 0 aliphatic carbocycles. The first-order chi connectivity index (χ1) is 11.1. The molecule has 1 aliphatic rings. The molecule has 23 heavy (non-hydrogen) atoms. The van der Waals surface area contributed by atoms with E-state index in [0.717, 1.165) is 11.1 Å². The van der Waals surface area contributed by atoms with Crippen molar-refractivity contribution in [3.8, 4) is 0 Å². The molecule has 0 radical (unpaired) electrons. The fourth-order valence-corrected chi connectivity index (χ4v) is 2.82. The van der Waals surface area contributed by atoms with Crippen LogP contribution in [0.3, 0.4) is 0 Å².